The summed E-state index contributed by atoms with van der Waals surface area (Å²) >= 11 is 1.25. The number of pyridine rings is 1. The molecule has 2 unspecified atom stereocenters. The molecule has 1 N–H and O–H groups in total. The van der Waals surface area contributed by atoms with E-state index in [2.05, 4.69) is 15.3 Å². The van der Waals surface area contributed by atoms with Crippen LogP contribution in [0.5, 0.6) is 5.88 Å². The zero-order chi connectivity index (χ0) is 29.9. The highest BCUT2D eigenvalue weighted by atomic mass is 32.2. The van der Waals surface area contributed by atoms with Crippen molar-refractivity contribution in [3.8, 4) is 5.88 Å². The van der Waals surface area contributed by atoms with Gasteiger partial charge in [-0.05, 0) is 75.1 Å². The molecular weight excluding hydrogens is 576 g/mol. The largest absolute Gasteiger partial charge is 0.478 e. The molecule has 1 aromatic carbocycles. The lowest BCUT2D eigenvalue weighted by molar-refractivity contribution is -0.132. The van der Waals surface area contributed by atoms with E-state index in [1.165, 1.54) is 62.5 Å². The highest BCUT2D eigenvalue weighted by Gasteiger charge is 2.42. The lowest BCUT2D eigenvalue weighted by Crippen LogP contribution is -2.35. The summed E-state index contributed by atoms with van der Waals surface area (Å²) < 4.78 is 38.9. The number of carbonyl (C=O) groups is 2. The van der Waals surface area contributed by atoms with Crippen molar-refractivity contribution in [1.82, 2.24) is 14.3 Å². The van der Waals surface area contributed by atoms with Gasteiger partial charge in [0, 0.05) is 19.5 Å². The van der Waals surface area contributed by atoms with Crippen molar-refractivity contribution in [1.29, 1.82) is 0 Å². The predicted octanol–water partition coefficient (Wildman–Crippen LogP) is 5.85. The van der Waals surface area contributed by atoms with Gasteiger partial charge < -0.3 is 9.47 Å². The van der Waals surface area contributed by atoms with Crippen molar-refractivity contribution in [2.75, 3.05) is 18.5 Å². The van der Waals surface area contributed by atoms with Crippen LogP contribution in [0.3, 0.4) is 0 Å². The Labute approximate surface area is 250 Å². The Hall–Kier alpha value is -3.09. The van der Waals surface area contributed by atoms with Gasteiger partial charge in [-0.3, -0.25) is 14.9 Å². The van der Waals surface area contributed by atoms with E-state index >= 15 is 0 Å². The van der Waals surface area contributed by atoms with E-state index in [4.69, 9.17) is 9.47 Å². The van der Waals surface area contributed by atoms with Crippen LogP contribution >= 0.6 is 11.3 Å². The van der Waals surface area contributed by atoms with Gasteiger partial charge in [-0.1, -0.05) is 42.7 Å². The van der Waals surface area contributed by atoms with Crippen LogP contribution in [0.4, 0.5) is 5.13 Å². The maximum atomic E-state index is 13.8. The fourth-order valence-electron chi connectivity index (χ4n) is 6.27. The van der Waals surface area contributed by atoms with Crippen LogP contribution in [0.15, 0.2) is 41.3 Å². The van der Waals surface area contributed by atoms with Gasteiger partial charge in [-0.15, -0.1) is 0 Å². The Kier molecular flexibility index (Phi) is 9.14. The van der Waals surface area contributed by atoms with E-state index in [1.807, 2.05) is 6.92 Å². The van der Waals surface area contributed by atoms with E-state index in [-0.39, 0.29) is 23.0 Å². The number of aromatic nitrogens is 2. The van der Waals surface area contributed by atoms with Crippen LogP contribution in [-0.4, -0.2) is 53.8 Å². The zero-order valence-electron chi connectivity index (χ0n) is 24.3. The molecule has 12 heteroatoms. The molecule has 2 atom stereocenters. The number of nitrogens with zero attached hydrogens (tertiary/aromatic N) is 3. The fourth-order valence-corrected chi connectivity index (χ4v) is 8.51. The lowest BCUT2D eigenvalue weighted by Gasteiger charge is -2.33. The Morgan fingerprint density at radius 1 is 1.07 bits per heavy atom. The molecule has 226 valence electrons. The van der Waals surface area contributed by atoms with Crippen LogP contribution in [0, 0.1) is 5.41 Å². The molecule has 2 aromatic heterocycles. The quantitative estimate of drug-likeness (QED) is 0.301. The summed E-state index contributed by atoms with van der Waals surface area (Å²) in [5, 5.41) is 3.29. The number of benzene rings is 1. The number of thiazole rings is 1. The van der Waals surface area contributed by atoms with Gasteiger partial charge in [0.05, 0.1) is 17.6 Å². The fraction of sp³-hybridized carbons (Fsp3) is 0.533. The number of rotatable bonds is 10. The maximum Gasteiger partial charge on any atom is 0.266 e. The smallest absolute Gasteiger partial charge is 0.266 e. The molecular formula is C30H38N4O6S2. The number of anilines is 1. The SMILES string of the molecule is CCOc1ccc2nc(NC(=O)C(OC3CCC4(CCCCC4)C3)c3ccc(S(=O)(=O)N(CC)C(C)=O)cc3)sc2n1. The van der Waals surface area contributed by atoms with Crippen LogP contribution in [0.25, 0.3) is 10.3 Å². The molecule has 5 rings (SSSR count). The first-order valence-corrected chi connectivity index (χ1v) is 16.9. The van der Waals surface area contributed by atoms with Crippen molar-refractivity contribution in [3.05, 3.63) is 42.0 Å². The average molecular weight is 615 g/mol. The normalized spacial score (nSPS) is 19.1. The highest BCUT2D eigenvalue weighted by Crippen LogP contribution is 2.50. The van der Waals surface area contributed by atoms with Crippen LogP contribution in [-0.2, 0) is 24.3 Å². The van der Waals surface area contributed by atoms with Crippen molar-refractivity contribution in [2.45, 2.75) is 89.2 Å². The molecule has 2 aliphatic carbocycles. The second-order valence-electron chi connectivity index (χ2n) is 11.1. The molecule has 2 amide bonds. The Balaban J connectivity index is 1.40. The first kappa shape index (κ1) is 30.4. The van der Waals surface area contributed by atoms with Crippen LogP contribution in [0.1, 0.15) is 83.8 Å². The Bertz CT molecular complexity index is 1530. The van der Waals surface area contributed by atoms with E-state index in [0.717, 1.165) is 23.6 Å². The minimum absolute atomic E-state index is 0.0215. The Morgan fingerprint density at radius 2 is 1.81 bits per heavy atom. The molecule has 0 saturated heterocycles. The average Bonchev–Trinajstić information content (AvgIpc) is 3.55. The molecule has 10 nitrogen and oxygen atoms in total. The maximum absolute atomic E-state index is 13.8. The molecule has 2 heterocycles. The minimum atomic E-state index is -4.01. The van der Waals surface area contributed by atoms with Crippen molar-refractivity contribution >= 4 is 48.7 Å². The molecule has 2 saturated carbocycles. The van der Waals surface area contributed by atoms with E-state index in [0.29, 0.717) is 33.5 Å². The van der Waals surface area contributed by atoms with Gasteiger partial charge in [0.25, 0.3) is 15.9 Å². The third-order valence-corrected chi connectivity index (χ3v) is 11.1. The van der Waals surface area contributed by atoms with Crippen molar-refractivity contribution in [2.24, 2.45) is 5.41 Å². The first-order chi connectivity index (χ1) is 20.1. The lowest BCUT2D eigenvalue weighted by atomic mass is 9.73. The highest BCUT2D eigenvalue weighted by molar-refractivity contribution is 7.89. The summed E-state index contributed by atoms with van der Waals surface area (Å²) in [5.41, 5.74) is 1.46. The monoisotopic (exact) mass is 614 g/mol. The van der Waals surface area contributed by atoms with E-state index < -0.39 is 27.9 Å². The van der Waals surface area contributed by atoms with Crippen LogP contribution < -0.4 is 10.1 Å². The number of hydrogen-bond acceptors (Lipinski definition) is 9. The van der Waals surface area contributed by atoms with Gasteiger partial charge in [-0.2, -0.15) is 0 Å². The first-order valence-electron chi connectivity index (χ1n) is 14.6. The van der Waals surface area contributed by atoms with Gasteiger partial charge in [0.15, 0.2) is 11.2 Å². The van der Waals surface area contributed by atoms with E-state index in [1.54, 1.807) is 31.2 Å². The zero-order valence-corrected chi connectivity index (χ0v) is 25.9. The molecule has 2 aliphatic rings. The molecule has 3 aromatic rings. The van der Waals surface area contributed by atoms with Gasteiger partial charge >= 0.3 is 0 Å². The van der Waals surface area contributed by atoms with Crippen LogP contribution in [0.2, 0.25) is 0 Å². The molecule has 0 aliphatic heterocycles. The summed E-state index contributed by atoms with van der Waals surface area (Å²) in [5.74, 6) is -0.455. The van der Waals surface area contributed by atoms with Gasteiger partial charge in [0.1, 0.15) is 10.3 Å². The molecule has 0 radical (unpaired) electrons. The number of hydrogen-bond donors (Lipinski definition) is 1. The summed E-state index contributed by atoms with van der Waals surface area (Å²) in [4.78, 5) is 35.3. The number of amides is 2. The summed E-state index contributed by atoms with van der Waals surface area (Å²) in [7, 11) is -4.01. The molecule has 1 spiro atoms. The van der Waals surface area contributed by atoms with E-state index in [9.17, 15) is 18.0 Å². The second-order valence-corrected chi connectivity index (χ2v) is 14.0. The van der Waals surface area contributed by atoms with Gasteiger partial charge in [0.2, 0.25) is 11.8 Å². The summed E-state index contributed by atoms with van der Waals surface area (Å²) in [6.45, 7) is 5.24. The minimum Gasteiger partial charge on any atom is -0.478 e. The third-order valence-electron chi connectivity index (χ3n) is 8.30. The predicted molar refractivity (Wildman–Crippen MR) is 161 cm³/mol. The summed E-state index contributed by atoms with van der Waals surface area (Å²) in [6, 6.07) is 9.57. The van der Waals surface area contributed by atoms with Crippen molar-refractivity contribution < 1.29 is 27.5 Å². The second kappa shape index (κ2) is 12.6. The topological polar surface area (TPSA) is 128 Å². The number of fused-ring (bicyclic) bond motifs is 1. The van der Waals surface area contributed by atoms with Crippen molar-refractivity contribution in [3.63, 3.8) is 0 Å². The molecule has 0 bridgehead atoms. The standard InChI is InChI=1S/C30H38N4O6S2/c1-4-34(20(3)35)42(37,38)23-11-9-21(10-12-23)26(40-22-15-18-30(19-22)16-7-6-8-17-30)27(36)33-29-31-24-13-14-25(39-5-2)32-28(24)41-29/h9-14,22,26H,4-8,15-19H2,1-3H3,(H,31,33,36). The van der Waals surface area contributed by atoms with Gasteiger partial charge in [-0.25, -0.2) is 22.7 Å². The molecule has 42 heavy (non-hydrogen) atoms. The number of sulfonamides is 1. The number of carbonyl (C=O) groups excluding carboxylic acids is 2. The third kappa shape index (κ3) is 6.45. The number of ether oxygens (including phenoxy) is 2. The summed E-state index contributed by atoms with van der Waals surface area (Å²) in [6.07, 6.45) is 7.97. The Morgan fingerprint density at radius 3 is 2.48 bits per heavy atom. The number of nitrogens with one attached hydrogen (secondary N) is 1. The molecule has 2 fully saturated rings.